The molecule has 0 radical (unpaired) electrons. The number of hydrogen-bond donors (Lipinski definition) is 1. The van der Waals surface area contributed by atoms with Crippen LogP contribution in [0, 0.1) is 0 Å². The van der Waals surface area contributed by atoms with Crippen molar-refractivity contribution in [3.8, 4) is 11.7 Å². The Labute approximate surface area is 100 Å². The molecule has 0 fully saturated rings. The van der Waals surface area contributed by atoms with Gasteiger partial charge in [0.15, 0.2) is 5.76 Å². The first kappa shape index (κ1) is 11.9. The number of hydrogen-bond acceptors (Lipinski definition) is 5. The van der Waals surface area contributed by atoms with E-state index in [1.165, 1.54) is 0 Å². The van der Waals surface area contributed by atoms with E-state index in [-0.39, 0.29) is 5.54 Å². The first-order valence-corrected chi connectivity index (χ1v) is 5.66. The molecule has 5 nitrogen and oxygen atoms in total. The Morgan fingerprint density at radius 3 is 2.76 bits per heavy atom. The van der Waals surface area contributed by atoms with E-state index in [2.05, 4.69) is 36.3 Å². The van der Waals surface area contributed by atoms with E-state index in [0.29, 0.717) is 24.0 Å². The largest absolute Gasteiger partial charge is 0.459 e. The van der Waals surface area contributed by atoms with Crippen LogP contribution >= 0.6 is 0 Å². The Balaban J connectivity index is 1.91. The molecule has 0 aliphatic heterocycles. The third-order valence-corrected chi connectivity index (χ3v) is 2.19. The fraction of sp³-hybridized carbons (Fsp3) is 0.500. The van der Waals surface area contributed by atoms with Gasteiger partial charge < -0.3 is 14.2 Å². The van der Waals surface area contributed by atoms with Gasteiger partial charge in [0.1, 0.15) is 0 Å². The minimum Gasteiger partial charge on any atom is -0.459 e. The van der Waals surface area contributed by atoms with Crippen LogP contribution in [0.4, 0.5) is 0 Å². The first-order chi connectivity index (χ1) is 8.04. The van der Waals surface area contributed by atoms with Gasteiger partial charge in [0, 0.05) is 18.5 Å². The van der Waals surface area contributed by atoms with E-state index in [1.54, 1.807) is 18.4 Å². The number of nitrogens with zero attached hydrogens (tertiary/aromatic N) is 2. The van der Waals surface area contributed by atoms with E-state index in [4.69, 9.17) is 8.83 Å². The molecular formula is C12H17N3O2. The summed E-state index contributed by atoms with van der Waals surface area (Å²) >= 11 is 0. The molecule has 0 aliphatic rings. The van der Waals surface area contributed by atoms with Crippen LogP contribution in [-0.4, -0.2) is 22.3 Å². The predicted molar refractivity (Wildman–Crippen MR) is 63.5 cm³/mol. The van der Waals surface area contributed by atoms with Gasteiger partial charge in [-0.2, -0.15) is 0 Å². The van der Waals surface area contributed by atoms with E-state index in [1.807, 2.05) is 0 Å². The number of rotatable bonds is 4. The molecule has 0 spiro atoms. The van der Waals surface area contributed by atoms with Gasteiger partial charge >= 0.3 is 0 Å². The van der Waals surface area contributed by atoms with Gasteiger partial charge in [-0.05, 0) is 32.9 Å². The zero-order chi connectivity index (χ0) is 12.3. The van der Waals surface area contributed by atoms with Crippen molar-refractivity contribution in [1.29, 1.82) is 0 Å². The third-order valence-electron chi connectivity index (χ3n) is 2.19. The predicted octanol–water partition coefficient (Wildman–Crippen LogP) is 2.26. The minimum absolute atomic E-state index is 0.101. The molecule has 5 heteroatoms. The lowest BCUT2D eigenvalue weighted by atomic mass is 10.1. The van der Waals surface area contributed by atoms with Gasteiger partial charge in [-0.3, -0.25) is 0 Å². The molecule has 92 valence electrons. The SMILES string of the molecule is CC(C)(C)NCCc1nnc(-c2ccco2)o1. The summed E-state index contributed by atoms with van der Waals surface area (Å²) in [7, 11) is 0. The maximum absolute atomic E-state index is 5.49. The monoisotopic (exact) mass is 235 g/mol. The van der Waals surface area contributed by atoms with Crippen LogP contribution < -0.4 is 5.32 Å². The molecule has 1 N–H and O–H groups in total. The second-order valence-electron chi connectivity index (χ2n) is 4.91. The standard InChI is InChI=1S/C12H17N3O2/c1-12(2,3)13-7-6-10-14-15-11(17-10)9-5-4-8-16-9/h4-5,8,13H,6-7H2,1-3H3. The zero-order valence-electron chi connectivity index (χ0n) is 10.4. The van der Waals surface area contributed by atoms with Crippen molar-refractivity contribution in [1.82, 2.24) is 15.5 Å². The molecule has 0 saturated carbocycles. The Morgan fingerprint density at radius 1 is 1.29 bits per heavy atom. The van der Waals surface area contributed by atoms with E-state index in [0.717, 1.165) is 6.54 Å². The summed E-state index contributed by atoms with van der Waals surface area (Å²) in [6.07, 6.45) is 2.30. The first-order valence-electron chi connectivity index (χ1n) is 5.66. The molecule has 0 amide bonds. The maximum atomic E-state index is 5.49. The Bertz CT molecular complexity index is 454. The van der Waals surface area contributed by atoms with Crippen LogP contribution in [0.15, 0.2) is 27.2 Å². The molecule has 0 atom stereocenters. The summed E-state index contributed by atoms with van der Waals surface area (Å²) < 4.78 is 10.7. The average molecular weight is 235 g/mol. The lowest BCUT2D eigenvalue weighted by molar-refractivity contribution is 0.409. The summed E-state index contributed by atoms with van der Waals surface area (Å²) in [5, 5.41) is 11.3. The minimum atomic E-state index is 0.101. The quantitative estimate of drug-likeness (QED) is 0.880. The molecular weight excluding hydrogens is 218 g/mol. The highest BCUT2D eigenvalue weighted by Gasteiger charge is 2.12. The van der Waals surface area contributed by atoms with Crippen LogP contribution in [0.5, 0.6) is 0 Å². The molecule has 17 heavy (non-hydrogen) atoms. The van der Waals surface area contributed by atoms with Gasteiger partial charge in [-0.15, -0.1) is 10.2 Å². The van der Waals surface area contributed by atoms with Crippen LogP contribution in [0.3, 0.4) is 0 Å². The van der Waals surface area contributed by atoms with Crippen LogP contribution in [-0.2, 0) is 6.42 Å². The highest BCUT2D eigenvalue weighted by atomic mass is 16.4. The third kappa shape index (κ3) is 3.42. The second kappa shape index (κ2) is 4.71. The molecule has 0 unspecified atom stereocenters. The zero-order valence-corrected chi connectivity index (χ0v) is 10.4. The summed E-state index contributed by atoms with van der Waals surface area (Å²) in [6.45, 7) is 7.17. The van der Waals surface area contributed by atoms with E-state index in [9.17, 15) is 0 Å². The fourth-order valence-electron chi connectivity index (χ4n) is 1.40. The Hall–Kier alpha value is -1.62. The van der Waals surface area contributed by atoms with Crippen LogP contribution in [0.2, 0.25) is 0 Å². The smallest absolute Gasteiger partial charge is 0.283 e. The second-order valence-corrected chi connectivity index (χ2v) is 4.91. The average Bonchev–Trinajstić information content (AvgIpc) is 2.83. The van der Waals surface area contributed by atoms with E-state index < -0.39 is 0 Å². The molecule has 2 aromatic heterocycles. The normalized spacial score (nSPS) is 11.9. The number of aromatic nitrogens is 2. The lowest BCUT2D eigenvalue weighted by Crippen LogP contribution is -2.37. The van der Waals surface area contributed by atoms with Crippen molar-refractivity contribution >= 4 is 0 Å². The van der Waals surface area contributed by atoms with Gasteiger partial charge in [-0.1, -0.05) is 0 Å². The van der Waals surface area contributed by atoms with Crippen molar-refractivity contribution in [3.63, 3.8) is 0 Å². The van der Waals surface area contributed by atoms with Gasteiger partial charge in [0.05, 0.1) is 6.26 Å². The van der Waals surface area contributed by atoms with Crippen molar-refractivity contribution in [2.75, 3.05) is 6.54 Å². The van der Waals surface area contributed by atoms with Crippen molar-refractivity contribution in [2.45, 2.75) is 32.7 Å². The van der Waals surface area contributed by atoms with Crippen molar-refractivity contribution in [3.05, 3.63) is 24.3 Å². The van der Waals surface area contributed by atoms with E-state index >= 15 is 0 Å². The number of furan rings is 1. The highest BCUT2D eigenvalue weighted by Crippen LogP contribution is 2.17. The fourth-order valence-corrected chi connectivity index (χ4v) is 1.40. The molecule has 0 aromatic carbocycles. The van der Waals surface area contributed by atoms with Crippen LogP contribution in [0.25, 0.3) is 11.7 Å². The molecule has 2 heterocycles. The molecule has 0 saturated heterocycles. The molecule has 2 rings (SSSR count). The van der Waals surface area contributed by atoms with Gasteiger partial charge in [0.25, 0.3) is 5.89 Å². The summed E-state index contributed by atoms with van der Waals surface area (Å²) in [5.41, 5.74) is 0.101. The topological polar surface area (TPSA) is 64.1 Å². The van der Waals surface area contributed by atoms with Crippen LogP contribution in [0.1, 0.15) is 26.7 Å². The number of nitrogens with one attached hydrogen (secondary N) is 1. The van der Waals surface area contributed by atoms with Gasteiger partial charge in [0.2, 0.25) is 5.89 Å². The molecule has 0 aliphatic carbocycles. The summed E-state index contributed by atoms with van der Waals surface area (Å²) in [5.74, 6) is 1.65. The summed E-state index contributed by atoms with van der Waals surface area (Å²) in [6, 6.07) is 3.59. The lowest BCUT2D eigenvalue weighted by Gasteiger charge is -2.19. The maximum Gasteiger partial charge on any atom is 0.283 e. The molecule has 2 aromatic rings. The van der Waals surface area contributed by atoms with Crippen molar-refractivity contribution in [2.24, 2.45) is 0 Å². The molecule has 0 bridgehead atoms. The Morgan fingerprint density at radius 2 is 2.12 bits per heavy atom. The van der Waals surface area contributed by atoms with Gasteiger partial charge in [-0.25, -0.2) is 0 Å². The Kier molecular flexibility index (Phi) is 3.28. The summed E-state index contributed by atoms with van der Waals surface area (Å²) in [4.78, 5) is 0. The van der Waals surface area contributed by atoms with Crippen molar-refractivity contribution < 1.29 is 8.83 Å². The highest BCUT2D eigenvalue weighted by molar-refractivity contribution is 5.42.